The van der Waals surface area contributed by atoms with Gasteiger partial charge in [0.15, 0.2) is 0 Å². The van der Waals surface area contributed by atoms with Gasteiger partial charge in [-0.05, 0) is 6.07 Å². The molecule has 2 aromatic heterocycles. The van der Waals surface area contributed by atoms with E-state index in [4.69, 9.17) is 16.7 Å². The third-order valence-electron chi connectivity index (χ3n) is 1.61. The van der Waals surface area contributed by atoms with Gasteiger partial charge in [0.05, 0.1) is 16.1 Å². The summed E-state index contributed by atoms with van der Waals surface area (Å²) in [6.45, 7) is 0. The van der Waals surface area contributed by atoms with E-state index in [2.05, 4.69) is 9.97 Å². The summed E-state index contributed by atoms with van der Waals surface area (Å²) in [7, 11) is 0. The van der Waals surface area contributed by atoms with Gasteiger partial charge in [0.1, 0.15) is 11.5 Å². The van der Waals surface area contributed by atoms with Gasteiger partial charge in [-0.3, -0.25) is 0 Å². The molecule has 0 spiro atoms. The van der Waals surface area contributed by atoms with Crippen molar-refractivity contribution in [1.82, 2.24) is 9.97 Å². The Bertz CT molecular complexity index is 477. The van der Waals surface area contributed by atoms with Crippen molar-refractivity contribution in [3.05, 3.63) is 28.4 Å². The van der Waals surface area contributed by atoms with Gasteiger partial charge < -0.3 is 10.1 Å². The zero-order valence-electron chi connectivity index (χ0n) is 6.82. The zero-order chi connectivity index (χ0) is 10.1. The van der Waals surface area contributed by atoms with Crippen LogP contribution < -0.4 is 0 Å². The van der Waals surface area contributed by atoms with Crippen molar-refractivity contribution >= 4 is 28.9 Å². The number of imidazole rings is 1. The van der Waals surface area contributed by atoms with Gasteiger partial charge in [-0.15, -0.1) is 11.3 Å². The van der Waals surface area contributed by atoms with Crippen LogP contribution >= 0.6 is 22.9 Å². The van der Waals surface area contributed by atoms with Gasteiger partial charge in [0.2, 0.25) is 0 Å². The summed E-state index contributed by atoms with van der Waals surface area (Å²) in [5, 5.41) is 11.0. The van der Waals surface area contributed by atoms with Crippen LogP contribution in [-0.2, 0) is 0 Å². The Hall–Kier alpha value is -1.33. The molecule has 2 heterocycles. The fraction of sp³-hybridized carbons (Fsp3) is 0. The molecule has 72 valence electrons. The molecule has 0 aliphatic heterocycles. The molecule has 2 rings (SSSR count). The van der Waals surface area contributed by atoms with Gasteiger partial charge in [0.25, 0.3) is 0 Å². The Balaban J connectivity index is 2.38. The number of aromatic carboxylic acids is 1. The summed E-state index contributed by atoms with van der Waals surface area (Å²) in [6.07, 6.45) is 1.28. The van der Waals surface area contributed by atoms with Crippen LogP contribution in [0, 0.1) is 0 Å². The highest BCUT2D eigenvalue weighted by Crippen LogP contribution is 2.27. The summed E-state index contributed by atoms with van der Waals surface area (Å²) in [4.78, 5) is 18.0. The summed E-state index contributed by atoms with van der Waals surface area (Å²) >= 11 is 7.14. The van der Waals surface area contributed by atoms with Crippen molar-refractivity contribution in [3.8, 4) is 10.7 Å². The largest absolute Gasteiger partial charge is 0.477 e. The molecule has 0 aliphatic carbocycles. The van der Waals surface area contributed by atoms with Crippen LogP contribution in [0.3, 0.4) is 0 Å². The predicted molar refractivity (Wildman–Crippen MR) is 53.9 cm³/mol. The van der Waals surface area contributed by atoms with Crippen molar-refractivity contribution < 1.29 is 9.90 Å². The van der Waals surface area contributed by atoms with E-state index >= 15 is 0 Å². The van der Waals surface area contributed by atoms with Crippen LogP contribution in [0.1, 0.15) is 10.5 Å². The van der Waals surface area contributed by atoms with Gasteiger partial charge in [-0.1, -0.05) is 11.6 Å². The first-order chi connectivity index (χ1) is 6.66. The van der Waals surface area contributed by atoms with Crippen LogP contribution in [0.5, 0.6) is 0 Å². The normalized spacial score (nSPS) is 10.4. The number of thiophene rings is 1. The highest BCUT2D eigenvalue weighted by molar-refractivity contribution is 7.14. The summed E-state index contributed by atoms with van der Waals surface area (Å²) < 4.78 is 0. The molecule has 2 aromatic rings. The van der Waals surface area contributed by atoms with E-state index in [1.165, 1.54) is 17.5 Å². The maximum absolute atomic E-state index is 10.6. The number of nitrogens with one attached hydrogen (secondary N) is 1. The third kappa shape index (κ3) is 1.64. The van der Waals surface area contributed by atoms with Crippen LogP contribution in [-0.4, -0.2) is 21.0 Å². The lowest BCUT2D eigenvalue weighted by Crippen LogP contribution is -1.95. The average molecular weight is 229 g/mol. The molecule has 14 heavy (non-hydrogen) atoms. The molecule has 0 unspecified atom stereocenters. The Morgan fingerprint density at radius 1 is 1.64 bits per heavy atom. The van der Waals surface area contributed by atoms with E-state index in [0.717, 1.165) is 4.88 Å². The van der Waals surface area contributed by atoms with Crippen molar-refractivity contribution in [2.45, 2.75) is 0 Å². The second-order valence-electron chi connectivity index (χ2n) is 2.58. The number of nitrogens with zero attached hydrogens (tertiary/aromatic N) is 1. The maximum atomic E-state index is 10.6. The van der Waals surface area contributed by atoms with Crippen LogP contribution in [0.25, 0.3) is 10.7 Å². The maximum Gasteiger partial charge on any atom is 0.353 e. The topological polar surface area (TPSA) is 66.0 Å². The van der Waals surface area contributed by atoms with Gasteiger partial charge in [-0.2, -0.15) is 0 Å². The minimum absolute atomic E-state index is 0.0736. The first-order valence-corrected chi connectivity index (χ1v) is 4.95. The number of hydrogen-bond acceptors (Lipinski definition) is 3. The van der Waals surface area contributed by atoms with Crippen molar-refractivity contribution in [2.75, 3.05) is 0 Å². The van der Waals surface area contributed by atoms with E-state index in [9.17, 15) is 4.79 Å². The highest BCUT2D eigenvalue weighted by Gasteiger charge is 2.09. The number of H-pyrrole nitrogens is 1. The Kier molecular flexibility index (Phi) is 2.26. The molecule has 0 aliphatic rings. The van der Waals surface area contributed by atoms with Crippen molar-refractivity contribution in [1.29, 1.82) is 0 Å². The molecular weight excluding hydrogens is 224 g/mol. The number of carboxylic acids is 1. The number of halogens is 1. The molecular formula is C8H5ClN2O2S. The minimum atomic E-state index is -1.02. The van der Waals surface area contributed by atoms with Crippen LogP contribution in [0.4, 0.5) is 0 Å². The number of aromatic amines is 1. The molecule has 0 saturated carbocycles. The van der Waals surface area contributed by atoms with Crippen LogP contribution in [0.2, 0.25) is 5.02 Å². The van der Waals surface area contributed by atoms with Crippen molar-refractivity contribution in [3.63, 3.8) is 0 Å². The minimum Gasteiger partial charge on any atom is -0.477 e. The van der Waals surface area contributed by atoms with Gasteiger partial charge >= 0.3 is 5.97 Å². The van der Waals surface area contributed by atoms with E-state index in [-0.39, 0.29) is 5.69 Å². The molecule has 0 radical (unpaired) electrons. The smallest absolute Gasteiger partial charge is 0.353 e. The Morgan fingerprint density at radius 3 is 2.93 bits per heavy atom. The molecule has 4 nitrogen and oxygen atoms in total. The second-order valence-corrected chi connectivity index (χ2v) is 3.93. The number of hydrogen-bond donors (Lipinski definition) is 2. The van der Waals surface area contributed by atoms with Gasteiger partial charge in [0, 0.05) is 5.38 Å². The first kappa shape index (κ1) is 9.23. The summed E-state index contributed by atoms with van der Waals surface area (Å²) in [5.41, 5.74) is 0.0736. The Labute approximate surface area is 88.2 Å². The third-order valence-corrected chi connectivity index (χ3v) is 2.89. The van der Waals surface area contributed by atoms with E-state index in [0.29, 0.717) is 10.8 Å². The molecule has 0 aromatic carbocycles. The first-order valence-electron chi connectivity index (χ1n) is 3.69. The summed E-state index contributed by atoms with van der Waals surface area (Å²) in [5.74, 6) is -0.495. The second kappa shape index (κ2) is 3.43. The average Bonchev–Trinajstić information content (AvgIpc) is 2.70. The fourth-order valence-electron chi connectivity index (χ4n) is 0.992. The number of carboxylic acid groups (broad SMARTS) is 1. The molecule has 0 bridgehead atoms. The highest BCUT2D eigenvalue weighted by atomic mass is 35.5. The standard InChI is InChI=1S/C8H5ClN2O2S/c9-4-1-6(14-3-4)7-10-2-5(11-7)8(12)13/h1-3H,(H,10,11)(H,12,13). The monoisotopic (exact) mass is 228 g/mol. The molecule has 0 saturated heterocycles. The van der Waals surface area contributed by atoms with E-state index in [1.54, 1.807) is 11.4 Å². The lowest BCUT2D eigenvalue weighted by molar-refractivity contribution is 0.0691. The van der Waals surface area contributed by atoms with E-state index < -0.39 is 5.97 Å². The zero-order valence-corrected chi connectivity index (χ0v) is 8.39. The fourth-order valence-corrected chi connectivity index (χ4v) is 2.02. The predicted octanol–water partition coefficient (Wildman–Crippen LogP) is 2.49. The van der Waals surface area contributed by atoms with Gasteiger partial charge in [-0.25, -0.2) is 9.78 Å². The molecule has 2 N–H and O–H groups in total. The van der Waals surface area contributed by atoms with Crippen molar-refractivity contribution in [2.24, 2.45) is 0 Å². The quantitative estimate of drug-likeness (QED) is 0.830. The lowest BCUT2D eigenvalue weighted by atomic mass is 10.4. The SMILES string of the molecule is O=C(O)c1cnc(-c2cc(Cl)cs2)[nH]1. The number of aromatic nitrogens is 2. The molecule has 0 fully saturated rings. The summed E-state index contributed by atoms with van der Waals surface area (Å²) in [6, 6.07) is 1.73. The lowest BCUT2D eigenvalue weighted by Gasteiger charge is -1.88. The molecule has 0 amide bonds. The number of carbonyl (C=O) groups is 1. The van der Waals surface area contributed by atoms with Crippen LogP contribution in [0.15, 0.2) is 17.6 Å². The molecule has 0 atom stereocenters. The number of rotatable bonds is 2. The Morgan fingerprint density at radius 2 is 2.43 bits per heavy atom. The van der Waals surface area contributed by atoms with E-state index in [1.807, 2.05) is 0 Å². The molecule has 6 heteroatoms.